The van der Waals surface area contributed by atoms with Gasteiger partial charge < -0.3 is 10.1 Å². The fourth-order valence-electron chi connectivity index (χ4n) is 1.99. The zero-order valence-electron chi connectivity index (χ0n) is 12.8. The Morgan fingerprint density at radius 3 is 2.35 bits per heavy atom. The average molecular weight is 318 g/mol. The van der Waals surface area contributed by atoms with Crippen LogP contribution < -0.4 is 10.1 Å². The van der Waals surface area contributed by atoms with Crippen molar-refractivity contribution < 1.29 is 4.74 Å². The number of ether oxygens (including phenoxy) is 1. The fourth-order valence-corrected chi connectivity index (χ4v) is 2.57. The van der Waals surface area contributed by atoms with Gasteiger partial charge in [-0.1, -0.05) is 50.9 Å². The van der Waals surface area contributed by atoms with E-state index in [4.69, 9.17) is 27.9 Å². The predicted octanol–water partition coefficient (Wildman–Crippen LogP) is 5.31. The third-order valence-corrected chi connectivity index (χ3v) is 3.65. The first kappa shape index (κ1) is 17.6. The van der Waals surface area contributed by atoms with Gasteiger partial charge in [0, 0.05) is 17.1 Å². The number of halogens is 2. The molecule has 20 heavy (non-hydrogen) atoms. The highest BCUT2D eigenvalue weighted by molar-refractivity contribution is 6.35. The highest BCUT2D eigenvalue weighted by atomic mass is 35.5. The molecular formula is C16H25Cl2NO. The molecule has 1 aromatic rings. The van der Waals surface area contributed by atoms with Crippen molar-refractivity contribution in [1.82, 2.24) is 5.32 Å². The number of rotatable bonds is 8. The van der Waals surface area contributed by atoms with Crippen LogP contribution in [0.2, 0.25) is 10.0 Å². The molecule has 0 aliphatic rings. The number of hydrogen-bond donors (Lipinski definition) is 1. The minimum absolute atomic E-state index is 0.192. The molecule has 0 aliphatic carbocycles. The standard InChI is InChI=1S/C16H25Cl2NO/c1-5-14(6-2)20-16-12(10-19-9-11(3)4)7-13(17)8-15(16)18/h7-8,11,14,19H,5-6,9-10H2,1-4H3. The van der Waals surface area contributed by atoms with Gasteiger partial charge in [0.1, 0.15) is 5.75 Å². The summed E-state index contributed by atoms with van der Waals surface area (Å²) in [5.41, 5.74) is 1.02. The van der Waals surface area contributed by atoms with Gasteiger partial charge in [-0.2, -0.15) is 0 Å². The van der Waals surface area contributed by atoms with Gasteiger partial charge in [0.25, 0.3) is 0 Å². The summed E-state index contributed by atoms with van der Waals surface area (Å²) in [7, 11) is 0. The first-order chi connectivity index (χ1) is 9.47. The van der Waals surface area contributed by atoms with Crippen LogP contribution in [-0.4, -0.2) is 12.6 Å². The molecule has 0 heterocycles. The lowest BCUT2D eigenvalue weighted by Gasteiger charge is -2.20. The minimum Gasteiger partial charge on any atom is -0.489 e. The van der Waals surface area contributed by atoms with Crippen LogP contribution in [0, 0.1) is 5.92 Å². The van der Waals surface area contributed by atoms with Crippen molar-refractivity contribution in [2.45, 2.75) is 53.2 Å². The summed E-state index contributed by atoms with van der Waals surface area (Å²) < 4.78 is 6.06. The lowest BCUT2D eigenvalue weighted by atomic mass is 10.1. The Kier molecular flexibility index (Phi) is 7.71. The Morgan fingerprint density at radius 2 is 1.80 bits per heavy atom. The van der Waals surface area contributed by atoms with E-state index >= 15 is 0 Å². The van der Waals surface area contributed by atoms with Crippen LogP contribution in [0.3, 0.4) is 0 Å². The first-order valence-electron chi connectivity index (χ1n) is 7.33. The summed E-state index contributed by atoms with van der Waals surface area (Å²) in [5.74, 6) is 1.37. The molecule has 4 heteroatoms. The Bertz CT molecular complexity index is 417. The smallest absolute Gasteiger partial charge is 0.142 e. The maximum Gasteiger partial charge on any atom is 0.142 e. The number of nitrogens with one attached hydrogen (secondary N) is 1. The van der Waals surface area contributed by atoms with Crippen molar-refractivity contribution in [2.24, 2.45) is 5.92 Å². The third-order valence-electron chi connectivity index (χ3n) is 3.15. The van der Waals surface area contributed by atoms with Crippen LogP contribution in [0.5, 0.6) is 5.75 Å². The van der Waals surface area contributed by atoms with Gasteiger partial charge in [0.05, 0.1) is 11.1 Å². The van der Waals surface area contributed by atoms with Gasteiger partial charge in [-0.25, -0.2) is 0 Å². The second kappa shape index (κ2) is 8.76. The predicted molar refractivity (Wildman–Crippen MR) is 88.0 cm³/mol. The van der Waals surface area contributed by atoms with Crippen molar-refractivity contribution in [3.05, 3.63) is 27.7 Å². The van der Waals surface area contributed by atoms with Crippen LogP contribution in [0.15, 0.2) is 12.1 Å². The molecule has 0 saturated carbocycles. The summed E-state index contributed by atoms with van der Waals surface area (Å²) in [6, 6.07) is 3.67. The van der Waals surface area contributed by atoms with Gasteiger partial charge in [-0.05, 0) is 37.4 Å². The maximum atomic E-state index is 6.30. The van der Waals surface area contributed by atoms with Crippen molar-refractivity contribution in [1.29, 1.82) is 0 Å². The van der Waals surface area contributed by atoms with E-state index in [0.717, 1.165) is 30.7 Å². The quantitative estimate of drug-likeness (QED) is 0.701. The molecule has 1 rings (SSSR count). The highest BCUT2D eigenvalue weighted by Crippen LogP contribution is 2.33. The fraction of sp³-hybridized carbons (Fsp3) is 0.625. The van der Waals surface area contributed by atoms with Crippen molar-refractivity contribution in [3.63, 3.8) is 0 Å². The van der Waals surface area contributed by atoms with E-state index in [0.29, 0.717) is 22.5 Å². The summed E-state index contributed by atoms with van der Waals surface area (Å²) in [4.78, 5) is 0. The van der Waals surface area contributed by atoms with E-state index in [-0.39, 0.29) is 6.10 Å². The third kappa shape index (κ3) is 5.51. The molecule has 0 amide bonds. The molecule has 1 N–H and O–H groups in total. The Hall–Kier alpha value is -0.440. The minimum atomic E-state index is 0.192. The Morgan fingerprint density at radius 1 is 1.15 bits per heavy atom. The highest BCUT2D eigenvalue weighted by Gasteiger charge is 2.14. The number of benzene rings is 1. The number of hydrogen-bond acceptors (Lipinski definition) is 2. The monoisotopic (exact) mass is 317 g/mol. The van der Waals surface area contributed by atoms with Crippen LogP contribution >= 0.6 is 23.2 Å². The Balaban J connectivity index is 2.89. The molecule has 0 aromatic heterocycles. The molecule has 2 nitrogen and oxygen atoms in total. The molecular weight excluding hydrogens is 293 g/mol. The molecule has 0 radical (unpaired) electrons. The van der Waals surface area contributed by atoms with Crippen LogP contribution in [0.25, 0.3) is 0 Å². The van der Waals surface area contributed by atoms with Gasteiger partial charge in [0.15, 0.2) is 0 Å². The lowest BCUT2D eigenvalue weighted by Crippen LogP contribution is -2.21. The van der Waals surface area contributed by atoms with Crippen molar-refractivity contribution in [2.75, 3.05) is 6.54 Å². The summed E-state index contributed by atoms with van der Waals surface area (Å²) in [6.45, 7) is 10.3. The largest absolute Gasteiger partial charge is 0.489 e. The van der Waals surface area contributed by atoms with E-state index < -0.39 is 0 Å². The van der Waals surface area contributed by atoms with Gasteiger partial charge in [-0.3, -0.25) is 0 Å². The molecule has 0 spiro atoms. The molecule has 114 valence electrons. The zero-order chi connectivity index (χ0) is 15.1. The molecule has 1 aromatic carbocycles. The summed E-state index contributed by atoms with van der Waals surface area (Å²) in [6.07, 6.45) is 2.13. The summed E-state index contributed by atoms with van der Waals surface area (Å²) in [5, 5.41) is 4.64. The lowest BCUT2D eigenvalue weighted by molar-refractivity contribution is 0.191. The van der Waals surface area contributed by atoms with Gasteiger partial charge in [-0.15, -0.1) is 0 Å². The summed E-state index contributed by atoms with van der Waals surface area (Å²) >= 11 is 12.4. The van der Waals surface area contributed by atoms with Crippen LogP contribution in [-0.2, 0) is 6.54 Å². The first-order valence-corrected chi connectivity index (χ1v) is 8.08. The van der Waals surface area contributed by atoms with E-state index in [9.17, 15) is 0 Å². The Labute approximate surface area is 132 Å². The second-order valence-corrected chi connectivity index (χ2v) is 6.30. The zero-order valence-corrected chi connectivity index (χ0v) is 14.3. The molecule has 0 bridgehead atoms. The van der Waals surface area contributed by atoms with Gasteiger partial charge in [0.2, 0.25) is 0 Å². The van der Waals surface area contributed by atoms with Crippen LogP contribution in [0.1, 0.15) is 46.1 Å². The van der Waals surface area contributed by atoms with E-state index in [2.05, 4.69) is 33.0 Å². The maximum absolute atomic E-state index is 6.30. The normalized spacial score (nSPS) is 11.4. The van der Waals surface area contributed by atoms with Crippen LogP contribution in [0.4, 0.5) is 0 Å². The van der Waals surface area contributed by atoms with E-state index in [1.54, 1.807) is 6.07 Å². The van der Waals surface area contributed by atoms with E-state index in [1.807, 2.05) is 6.07 Å². The molecule has 0 aliphatic heterocycles. The molecule has 0 atom stereocenters. The molecule has 0 unspecified atom stereocenters. The van der Waals surface area contributed by atoms with Gasteiger partial charge >= 0.3 is 0 Å². The van der Waals surface area contributed by atoms with Crippen molar-refractivity contribution >= 4 is 23.2 Å². The molecule has 0 fully saturated rings. The van der Waals surface area contributed by atoms with Crippen molar-refractivity contribution in [3.8, 4) is 5.75 Å². The average Bonchev–Trinajstić information content (AvgIpc) is 2.37. The molecule has 0 saturated heterocycles. The van der Waals surface area contributed by atoms with E-state index in [1.165, 1.54) is 0 Å². The topological polar surface area (TPSA) is 21.3 Å². The second-order valence-electron chi connectivity index (χ2n) is 5.46. The SMILES string of the molecule is CCC(CC)Oc1c(Cl)cc(Cl)cc1CNCC(C)C.